The number of amides is 1. The first-order valence-electron chi connectivity index (χ1n) is 5.61. The highest BCUT2D eigenvalue weighted by Crippen LogP contribution is 2.31. The van der Waals surface area contributed by atoms with E-state index < -0.39 is 6.43 Å². The number of rotatable bonds is 6. The number of alkyl halides is 2. The first-order chi connectivity index (χ1) is 8.54. The van der Waals surface area contributed by atoms with E-state index in [1.807, 2.05) is 6.92 Å². The maximum atomic E-state index is 12.8. The summed E-state index contributed by atoms with van der Waals surface area (Å²) in [4.78, 5) is 11.8. The third kappa shape index (κ3) is 4.52. The molecule has 0 aromatic heterocycles. The van der Waals surface area contributed by atoms with Gasteiger partial charge in [-0.25, -0.2) is 8.78 Å². The van der Waals surface area contributed by atoms with Crippen molar-refractivity contribution in [2.24, 2.45) is 0 Å². The summed E-state index contributed by atoms with van der Waals surface area (Å²) in [5, 5.41) is 2.69. The number of benzene rings is 1. The SMILES string of the molecule is CCCNC(=O)CSc1ccc(N)cc1C(F)F. The monoisotopic (exact) mass is 274 g/mol. The lowest BCUT2D eigenvalue weighted by atomic mass is 10.2. The van der Waals surface area contributed by atoms with Crippen molar-refractivity contribution in [2.45, 2.75) is 24.7 Å². The molecule has 0 spiro atoms. The predicted octanol–water partition coefficient (Wildman–Crippen LogP) is 2.82. The summed E-state index contributed by atoms with van der Waals surface area (Å²) in [5.41, 5.74) is 5.64. The molecule has 3 N–H and O–H groups in total. The van der Waals surface area contributed by atoms with Crippen LogP contribution in [0.4, 0.5) is 14.5 Å². The minimum Gasteiger partial charge on any atom is -0.399 e. The molecule has 1 aromatic carbocycles. The fourth-order valence-electron chi connectivity index (χ4n) is 1.33. The standard InChI is InChI=1S/C12H16F2N2OS/c1-2-5-16-11(17)7-18-10-4-3-8(15)6-9(10)12(13)14/h3-4,6,12H,2,5,7,15H2,1H3,(H,16,17). The summed E-state index contributed by atoms with van der Waals surface area (Å²) in [6, 6.07) is 4.32. The fraction of sp³-hybridized carbons (Fsp3) is 0.417. The van der Waals surface area contributed by atoms with Crippen LogP contribution >= 0.6 is 11.8 Å². The normalized spacial score (nSPS) is 10.7. The zero-order chi connectivity index (χ0) is 13.5. The van der Waals surface area contributed by atoms with Crippen molar-refractivity contribution in [2.75, 3.05) is 18.0 Å². The first-order valence-corrected chi connectivity index (χ1v) is 6.60. The highest BCUT2D eigenvalue weighted by molar-refractivity contribution is 8.00. The van der Waals surface area contributed by atoms with Crippen LogP contribution in [0.25, 0.3) is 0 Å². The Bertz CT molecular complexity index is 413. The molecule has 0 saturated carbocycles. The van der Waals surface area contributed by atoms with Gasteiger partial charge < -0.3 is 11.1 Å². The molecule has 18 heavy (non-hydrogen) atoms. The number of hydrogen-bond donors (Lipinski definition) is 2. The molecule has 3 nitrogen and oxygen atoms in total. The molecule has 0 aliphatic rings. The first kappa shape index (κ1) is 14.8. The molecule has 0 radical (unpaired) electrons. The number of halogens is 2. The molecule has 1 amide bonds. The Morgan fingerprint density at radius 2 is 2.22 bits per heavy atom. The zero-order valence-corrected chi connectivity index (χ0v) is 10.9. The Balaban J connectivity index is 2.64. The van der Waals surface area contributed by atoms with Crippen molar-refractivity contribution in [3.63, 3.8) is 0 Å². The average molecular weight is 274 g/mol. The Labute approximate surface area is 109 Å². The lowest BCUT2D eigenvalue weighted by molar-refractivity contribution is -0.118. The second-order valence-corrected chi connectivity index (χ2v) is 4.75. The molecule has 100 valence electrons. The highest BCUT2D eigenvalue weighted by atomic mass is 32.2. The van der Waals surface area contributed by atoms with Crippen LogP contribution in [0, 0.1) is 0 Å². The number of carbonyl (C=O) groups excluding carboxylic acids is 1. The quantitative estimate of drug-likeness (QED) is 0.619. The summed E-state index contributed by atoms with van der Waals surface area (Å²) in [6.07, 6.45) is -1.74. The largest absolute Gasteiger partial charge is 0.399 e. The lowest BCUT2D eigenvalue weighted by Crippen LogP contribution is -2.25. The van der Waals surface area contributed by atoms with Crippen LogP contribution in [-0.4, -0.2) is 18.2 Å². The van der Waals surface area contributed by atoms with E-state index >= 15 is 0 Å². The van der Waals surface area contributed by atoms with Gasteiger partial charge >= 0.3 is 0 Å². The summed E-state index contributed by atoms with van der Waals surface area (Å²) in [6.45, 7) is 2.55. The van der Waals surface area contributed by atoms with Crippen molar-refractivity contribution in [1.29, 1.82) is 0 Å². The van der Waals surface area contributed by atoms with Crippen molar-refractivity contribution in [3.8, 4) is 0 Å². The number of nitrogens with one attached hydrogen (secondary N) is 1. The zero-order valence-electron chi connectivity index (χ0n) is 10.1. The molecule has 0 fully saturated rings. The molecular formula is C12H16F2N2OS. The van der Waals surface area contributed by atoms with E-state index in [9.17, 15) is 13.6 Å². The van der Waals surface area contributed by atoms with Crippen molar-refractivity contribution >= 4 is 23.4 Å². The summed E-state index contributed by atoms with van der Waals surface area (Å²) in [5.74, 6) is -0.0252. The minimum atomic E-state index is -2.59. The van der Waals surface area contributed by atoms with Crippen LogP contribution < -0.4 is 11.1 Å². The number of thioether (sulfide) groups is 1. The number of nitrogens with two attached hydrogens (primary N) is 1. The van der Waals surface area contributed by atoms with Gasteiger partial charge in [0.1, 0.15) is 0 Å². The van der Waals surface area contributed by atoms with E-state index in [4.69, 9.17) is 5.73 Å². The van der Waals surface area contributed by atoms with Gasteiger partial charge in [0.05, 0.1) is 5.75 Å². The van der Waals surface area contributed by atoms with Crippen LogP contribution in [0.15, 0.2) is 23.1 Å². The maximum absolute atomic E-state index is 12.8. The van der Waals surface area contributed by atoms with Crippen molar-refractivity contribution in [1.82, 2.24) is 5.32 Å². The van der Waals surface area contributed by atoms with Crippen LogP contribution in [0.3, 0.4) is 0 Å². The summed E-state index contributed by atoms with van der Waals surface area (Å²) in [7, 11) is 0. The van der Waals surface area contributed by atoms with Crippen LogP contribution in [-0.2, 0) is 4.79 Å². The lowest BCUT2D eigenvalue weighted by Gasteiger charge is -2.09. The van der Waals surface area contributed by atoms with Crippen molar-refractivity contribution in [3.05, 3.63) is 23.8 Å². The van der Waals surface area contributed by atoms with Crippen LogP contribution in [0.5, 0.6) is 0 Å². The Morgan fingerprint density at radius 1 is 1.50 bits per heavy atom. The number of nitrogen functional groups attached to an aromatic ring is 1. The molecule has 0 aliphatic heterocycles. The smallest absolute Gasteiger partial charge is 0.265 e. The van der Waals surface area contributed by atoms with E-state index in [-0.39, 0.29) is 17.2 Å². The van der Waals surface area contributed by atoms with Gasteiger partial charge in [-0.2, -0.15) is 0 Å². The molecule has 1 rings (SSSR count). The Kier molecular flexibility index (Phi) is 5.91. The molecule has 0 unspecified atom stereocenters. The highest BCUT2D eigenvalue weighted by Gasteiger charge is 2.14. The van der Waals surface area contributed by atoms with Gasteiger partial charge in [0.2, 0.25) is 5.91 Å². The van der Waals surface area contributed by atoms with E-state index in [1.165, 1.54) is 12.1 Å². The molecule has 1 aromatic rings. The Hall–Kier alpha value is -1.30. The van der Waals surface area contributed by atoms with Gasteiger partial charge in [0, 0.05) is 22.7 Å². The number of anilines is 1. The van der Waals surface area contributed by atoms with Gasteiger partial charge in [-0.3, -0.25) is 4.79 Å². The van der Waals surface area contributed by atoms with E-state index in [0.29, 0.717) is 17.1 Å². The topological polar surface area (TPSA) is 55.1 Å². The Morgan fingerprint density at radius 3 is 2.83 bits per heavy atom. The minimum absolute atomic E-state index is 0.122. The van der Waals surface area contributed by atoms with Crippen molar-refractivity contribution < 1.29 is 13.6 Å². The van der Waals surface area contributed by atoms with E-state index in [2.05, 4.69) is 5.32 Å². The third-order valence-electron chi connectivity index (χ3n) is 2.20. The molecule has 0 saturated heterocycles. The third-order valence-corrected chi connectivity index (χ3v) is 3.29. The van der Waals surface area contributed by atoms with Crippen LogP contribution in [0.2, 0.25) is 0 Å². The number of hydrogen-bond acceptors (Lipinski definition) is 3. The molecule has 0 aliphatic carbocycles. The van der Waals surface area contributed by atoms with Gasteiger partial charge in [-0.05, 0) is 24.6 Å². The van der Waals surface area contributed by atoms with Gasteiger partial charge in [0.25, 0.3) is 6.43 Å². The van der Waals surface area contributed by atoms with Crippen LogP contribution in [0.1, 0.15) is 25.3 Å². The fourth-order valence-corrected chi connectivity index (χ4v) is 2.20. The second kappa shape index (κ2) is 7.20. The molecular weight excluding hydrogens is 258 g/mol. The van der Waals surface area contributed by atoms with Gasteiger partial charge in [0.15, 0.2) is 0 Å². The predicted molar refractivity (Wildman–Crippen MR) is 69.8 cm³/mol. The summed E-state index contributed by atoms with van der Waals surface area (Å²) < 4.78 is 25.5. The van der Waals surface area contributed by atoms with E-state index in [1.54, 1.807) is 6.07 Å². The maximum Gasteiger partial charge on any atom is 0.265 e. The molecule has 0 heterocycles. The summed E-state index contributed by atoms with van der Waals surface area (Å²) >= 11 is 1.10. The molecule has 6 heteroatoms. The van der Waals surface area contributed by atoms with Gasteiger partial charge in [-0.15, -0.1) is 11.8 Å². The average Bonchev–Trinajstić information content (AvgIpc) is 2.34. The number of carbonyl (C=O) groups is 1. The molecule has 0 atom stereocenters. The second-order valence-electron chi connectivity index (χ2n) is 3.74. The van der Waals surface area contributed by atoms with E-state index in [0.717, 1.165) is 18.2 Å². The molecule has 0 bridgehead atoms. The van der Waals surface area contributed by atoms with Gasteiger partial charge in [-0.1, -0.05) is 6.92 Å².